The Morgan fingerprint density at radius 1 is 1.26 bits per heavy atom. The van der Waals surface area contributed by atoms with E-state index in [-0.39, 0.29) is 35.8 Å². The van der Waals surface area contributed by atoms with Crippen LogP contribution in [0.5, 0.6) is 0 Å². The first-order valence-corrected chi connectivity index (χ1v) is 16.8. The molecule has 252 valence electrons. The number of fused-ring (bicyclic) bond motifs is 2. The number of rotatable bonds is 7. The molecule has 11 nitrogen and oxygen atoms in total. The zero-order valence-corrected chi connectivity index (χ0v) is 27.6. The molecule has 5 aliphatic rings. The standard InChI is InChI=1S/C36H46N4O7/c1-22(32(43)40-11-13-45-14-12-40)38-30-18-29-34(2,10-9-31(42)35(29,3)19-41)28(36(30)20-46-36)8-6-24-17-25(47-33(24)44)15-23-5-7-27-26(16-23)37-21-39(27)4/h5-8,15-17,21-22,28-31,38,41-42H,9-14,18-20H2,1-4H3/t22?,28?,29?,30?,31-,34-,35+,36?/m1/s1. The minimum absolute atomic E-state index is 0.0264. The Morgan fingerprint density at radius 2 is 2.02 bits per heavy atom. The smallest absolute Gasteiger partial charge is 0.343 e. The van der Waals surface area contributed by atoms with E-state index in [4.69, 9.17) is 14.2 Å². The van der Waals surface area contributed by atoms with E-state index in [9.17, 15) is 19.8 Å². The summed E-state index contributed by atoms with van der Waals surface area (Å²) in [5, 5.41) is 25.5. The molecule has 1 amide bonds. The highest BCUT2D eigenvalue weighted by atomic mass is 16.6. The van der Waals surface area contributed by atoms with Crippen molar-refractivity contribution in [1.82, 2.24) is 19.8 Å². The second kappa shape index (κ2) is 12.0. The summed E-state index contributed by atoms with van der Waals surface area (Å²) in [4.78, 5) is 32.8. The monoisotopic (exact) mass is 646 g/mol. The minimum atomic E-state index is -0.733. The molecule has 47 heavy (non-hydrogen) atoms. The van der Waals surface area contributed by atoms with Crippen molar-refractivity contribution in [2.75, 3.05) is 39.5 Å². The molecule has 1 aromatic heterocycles. The molecule has 11 heteroatoms. The molecule has 7 rings (SSSR count). The van der Waals surface area contributed by atoms with Crippen LogP contribution in [0.1, 0.15) is 45.6 Å². The number of morpholine rings is 1. The molecule has 2 saturated heterocycles. The van der Waals surface area contributed by atoms with Crippen LogP contribution in [0.4, 0.5) is 0 Å². The van der Waals surface area contributed by atoms with Gasteiger partial charge in [-0.2, -0.15) is 0 Å². The summed E-state index contributed by atoms with van der Waals surface area (Å²) in [5.74, 6) is -0.160. The summed E-state index contributed by atoms with van der Waals surface area (Å²) in [7, 11) is 1.95. The lowest BCUT2D eigenvalue weighted by molar-refractivity contribution is -0.174. The van der Waals surface area contributed by atoms with Crippen LogP contribution in [-0.2, 0) is 30.8 Å². The van der Waals surface area contributed by atoms with Crippen LogP contribution in [0.15, 0.2) is 54.1 Å². The van der Waals surface area contributed by atoms with Gasteiger partial charge in [0.25, 0.3) is 0 Å². The van der Waals surface area contributed by atoms with Gasteiger partial charge >= 0.3 is 5.97 Å². The number of esters is 1. The average molecular weight is 647 g/mol. The van der Waals surface area contributed by atoms with Gasteiger partial charge in [-0.3, -0.25) is 4.79 Å². The minimum Gasteiger partial charge on any atom is -0.423 e. The van der Waals surface area contributed by atoms with E-state index >= 15 is 0 Å². The first-order valence-electron chi connectivity index (χ1n) is 16.8. The van der Waals surface area contributed by atoms with E-state index in [1.165, 1.54) is 0 Å². The summed E-state index contributed by atoms with van der Waals surface area (Å²) in [6.45, 7) is 8.66. The Hall–Kier alpha value is -3.35. The van der Waals surface area contributed by atoms with Crippen LogP contribution < -0.4 is 5.32 Å². The summed E-state index contributed by atoms with van der Waals surface area (Å²) in [6.07, 6.45) is 10.6. The predicted octanol–water partition coefficient (Wildman–Crippen LogP) is 2.72. The summed E-state index contributed by atoms with van der Waals surface area (Å²) in [5.41, 5.74) is 1.55. The number of benzene rings is 1. The van der Waals surface area contributed by atoms with Crippen molar-refractivity contribution in [3.05, 3.63) is 59.7 Å². The Kier molecular flexibility index (Phi) is 8.20. The fourth-order valence-corrected chi connectivity index (χ4v) is 8.96. The van der Waals surface area contributed by atoms with Crippen molar-refractivity contribution in [1.29, 1.82) is 0 Å². The van der Waals surface area contributed by atoms with Gasteiger partial charge in [0.1, 0.15) is 11.4 Å². The van der Waals surface area contributed by atoms with Gasteiger partial charge in [-0.05, 0) is 67.4 Å². The molecule has 4 heterocycles. The number of cyclic esters (lactones) is 1. The van der Waals surface area contributed by atoms with E-state index in [1.807, 2.05) is 60.7 Å². The number of allylic oxidation sites excluding steroid dienone is 1. The van der Waals surface area contributed by atoms with Gasteiger partial charge in [0.05, 0.1) is 61.5 Å². The maximum atomic E-state index is 13.4. The number of nitrogens with zero attached hydrogens (tertiary/aromatic N) is 3. The van der Waals surface area contributed by atoms with E-state index in [0.717, 1.165) is 23.0 Å². The molecule has 5 unspecified atom stereocenters. The first-order chi connectivity index (χ1) is 22.5. The van der Waals surface area contributed by atoms with Crippen molar-refractivity contribution in [2.24, 2.45) is 29.7 Å². The fourth-order valence-electron chi connectivity index (χ4n) is 8.96. The zero-order chi connectivity index (χ0) is 33.1. The Labute approximate surface area is 275 Å². The number of amides is 1. The van der Waals surface area contributed by atoms with Crippen molar-refractivity contribution in [2.45, 2.75) is 63.8 Å². The quantitative estimate of drug-likeness (QED) is 0.306. The van der Waals surface area contributed by atoms with Crippen molar-refractivity contribution in [3.8, 4) is 0 Å². The number of carbonyl (C=O) groups excluding carboxylic acids is 2. The molecular formula is C36H46N4O7. The highest BCUT2D eigenvalue weighted by molar-refractivity contribution is 5.96. The molecule has 2 aliphatic carbocycles. The fraction of sp³-hybridized carbons (Fsp3) is 0.583. The van der Waals surface area contributed by atoms with Gasteiger partial charge in [-0.25, -0.2) is 9.78 Å². The first kappa shape index (κ1) is 32.2. The number of hydrogen-bond acceptors (Lipinski definition) is 9. The summed E-state index contributed by atoms with van der Waals surface area (Å²) < 4.78 is 19.4. The van der Waals surface area contributed by atoms with Gasteiger partial charge in [0.2, 0.25) is 5.91 Å². The lowest BCUT2D eigenvalue weighted by Crippen LogP contribution is -2.67. The van der Waals surface area contributed by atoms with Crippen LogP contribution in [0.2, 0.25) is 0 Å². The van der Waals surface area contributed by atoms with Crippen LogP contribution in [-0.4, -0.2) is 99.8 Å². The third-order valence-corrected chi connectivity index (χ3v) is 11.8. The van der Waals surface area contributed by atoms with Gasteiger partial charge in [-0.15, -0.1) is 0 Å². The number of carbonyl (C=O) groups is 2. The van der Waals surface area contributed by atoms with Crippen molar-refractivity contribution in [3.63, 3.8) is 0 Å². The third kappa shape index (κ3) is 5.46. The van der Waals surface area contributed by atoms with Gasteiger partial charge < -0.3 is 39.2 Å². The van der Waals surface area contributed by atoms with Crippen LogP contribution in [0.3, 0.4) is 0 Å². The van der Waals surface area contributed by atoms with E-state index in [1.54, 1.807) is 12.4 Å². The molecular weight excluding hydrogens is 600 g/mol. The van der Waals surface area contributed by atoms with Crippen molar-refractivity contribution < 1.29 is 34.0 Å². The largest absolute Gasteiger partial charge is 0.423 e. The van der Waals surface area contributed by atoms with E-state index in [0.29, 0.717) is 57.1 Å². The Bertz CT molecular complexity index is 1650. The van der Waals surface area contributed by atoms with Gasteiger partial charge in [0, 0.05) is 37.5 Å². The number of aliphatic hydroxyl groups is 2. The molecule has 0 bridgehead atoms. The summed E-state index contributed by atoms with van der Waals surface area (Å²) in [6, 6.07) is 5.27. The molecule has 2 saturated carbocycles. The Balaban J connectivity index is 1.19. The maximum absolute atomic E-state index is 13.4. The summed E-state index contributed by atoms with van der Waals surface area (Å²) >= 11 is 0. The molecule has 2 aromatic rings. The maximum Gasteiger partial charge on any atom is 0.343 e. The molecule has 3 N–H and O–H groups in total. The van der Waals surface area contributed by atoms with Gasteiger partial charge in [0.15, 0.2) is 0 Å². The number of ether oxygens (including phenoxy) is 3. The number of aliphatic hydroxyl groups excluding tert-OH is 2. The number of hydrogen-bond donors (Lipinski definition) is 3. The highest BCUT2D eigenvalue weighted by Crippen LogP contribution is 2.65. The predicted molar refractivity (Wildman–Crippen MR) is 175 cm³/mol. The number of imidazole rings is 1. The number of aryl methyl sites for hydroxylation is 1. The molecule has 8 atom stereocenters. The molecule has 1 spiro atoms. The number of epoxide rings is 1. The third-order valence-electron chi connectivity index (χ3n) is 11.8. The molecule has 3 aliphatic heterocycles. The lowest BCUT2D eigenvalue weighted by Gasteiger charge is -2.62. The number of aromatic nitrogens is 2. The molecule has 4 fully saturated rings. The van der Waals surface area contributed by atoms with Crippen LogP contribution >= 0.6 is 0 Å². The van der Waals surface area contributed by atoms with Gasteiger partial charge in [-0.1, -0.05) is 32.1 Å². The van der Waals surface area contributed by atoms with Crippen LogP contribution in [0.25, 0.3) is 17.1 Å². The van der Waals surface area contributed by atoms with Crippen molar-refractivity contribution >= 4 is 29.0 Å². The lowest BCUT2D eigenvalue weighted by atomic mass is 9.44. The number of nitrogens with one attached hydrogen (secondary N) is 1. The molecule has 1 aromatic carbocycles. The SMILES string of the molecule is CC(NC1CC2[C@](C)(CC[C@@H](O)[C@@]2(C)CO)C(C=CC2=CC(=Cc3ccc4c(c3)ncn4C)OC2=O)C12CO2)C(=O)N1CCOCC1. The topological polar surface area (TPSA) is 139 Å². The molecule has 0 radical (unpaired) electrons. The van der Waals surface area contributed by atoms with Crippen LogP contribution in [0, 0.1) is 22.7 Å². The Morgan fingerprint density at radius 3 is 2.74 bits per heavy atom. The second-order valence-electron chi connectivity index (χ2n) is 14.6. The van der Waals surface area contributed by atoms with E-state index < -0.39 is 29.1 Å². The highest BCUT2D eigenvalue weighted by Gasteiger charge is 2.70. The van der Waals surface area contributed by atoms with E-state index in [2.05, 4.69) is 23.3 Å². The zero-order valence-electron chi connectivity index (χ0n) is 27.6. The second-order valence-corrected chi connectivity index (χ2v) is 14.6. The average Bonchev–Trinajstić information content (AvgIpc) is 3.66. The normalized spacial score (nSPS) is 37.0.